The van der Waals surface area contributed by atoms with E-state index in [1.807, 2.05) is 65.7 Å². The molecular weight excluding hydrogens is 695 g/mol. The first-order valence-corrected chi connectivity index (χ1v) is 18.5. The number of hydrogen-bond acceptors (Lipinski definition) is 7. The van der Waals surface area contributed by atoms with Crippen LogP contribution >= 0.6 is 0 Å². The third-order valence-electron chi connectivity index (χ3n) is 10.6. The largest absolute Gasteiger partial charge is 0.465 e. The SMILES string of the molecule is CN(C(=O)O)[C@@H](C(=O)N1CCC[C@H]1c1ncc(-c2ccc(-c3ccc(-c4cnc([C@@H]5CCCN5C(=O)Cc5cccnc5)[nH]4)cn3)cc2)[nH]1)c1ccccc1. The number of hydrogen-bond donors (Lipinski definition) is 3. The van der Waals surface area contributed by atoms with Crippen LogP contribution in [0.4, 0.5) is 4.79 Å². The summed E-state index contributed by atoms with van der Waals surface area (Å²) in [4.78, 5) is 68.9. The molecule has 2 fully saturated rings. The third kappa shape index (κ3) is 7.33. The maximum atomic E-state index is 13.9. The van der Waals surface area contributed by atoms with E-state index in [9.17, 15) is 19.5 Å². The van der Waals surface area contributed by atoms with E-state index >= 15 is 0 Å². The number of imidazole rings is 2. The number of nitrogens with zero attached hydrogens (tertiary/aromatic N) is 7. The van der Waals surface area contributed by atoms with Crippen molar-refractivity contribution in [3.63, 3.8) is 0 Å². The number of rotatable bonds is 10. The van der Waals surface area contributed by atoms with Crippen molar-refractivity contribution in [3.8, 4) is 33.8 Å². The maximum Gasteiger partial charge on any atom is 0.407 e. The van der Waals surface area contributed by atoms with Crippen LogP contribution in [0.1, 0.15) is 66.6 Å². The molecular formula is C42H41N9O4. The summed E-state index contributed by atoms with van der Waals surface area (Å²) in [6.45, 7) is 1.23. The zero-order valence-corrected chi connectivity index (χ0v) is 30.4. The van der Waals surface area contributed by atoms with Gasteiger partial charge in [-0.15, -0.1) is 0 Å². The van der Waals surface area contributed by atoms with Crippen molar-refractivity contribution in [1.82, 2.24) is 44.6 Å². The molecule has 2 aliphatic rings. The second kappa shape index (κ2) is 15.4. The van der Waals surface area contributed by atoms with E-state index < -0.39 is 12.1 Å². The molecule has 0 unspecified atom stereocenters. The second-order valence-corrected chi connectivity index (χ2v) is 14.1. The molecule has 2 aliphatic heterocycles. The number of likely N-dealkylation sites (N-methyl/N-ethyl adjacent to an activating group) is 1. The molecule has 8 rings (SSSR count). The molecule has 55 heavy (non-hydrogen) atoms. The number of aromatic nitrogens is 6. The minimum Gasteiger partial charge on any atom is -0.465 e. The lowest BCUT2D eigenvalue weighted by Gasteiger charge is -2.32. The lowest BCUT2D eigenvalue weighted by Crippen LogP contribution is -2.43. The average Bonchev–Trinajstić information content (AvgIpc) is 4.06. The Balaban J connectivity index is 0.927. The van der Waals surface area contributed by atoms with Crippen LogP contribution in [0.25, 0.3) is 33.8 Å². The summed E-state index contributed by atoms with van der Waals surface area (Å²) >= 11 is 0. The van der Waals surface area contributed by atoms with Crippen molar-refractivity contribution >= 4 is 17.9 Å². The first kappa shape index (κ1) is 35.4. The van der Waals surface area contributed by atoms with Crippen LogP contribution in [0.2, 0.25) is 0 Å². The van der Waals surface area contributed by atoms with Gasteiger partial charge < -0.3 is 24.9 Å². The fourth-order valence-electron chi connectivity index (χ4n) is 7.73. The number of carbonyl (C=O) groups excluding carboxylic acids is 2. The van der Waals surface area contributed by atoms with Gasteiger partial charge in [-0.2, -0.15) is 0 Å². The molecule has 6 aromatic rings. The zero-order chi connectivity index (χ0) is 37.9. The van der Waals surface area contributed by atoms with E-state index in [0.717, 1.165) is 75.7 Å². The van der Waals surface area contributed by atoms with Crippen molar-refractivity contribution < 1.29 is 19.5 Å². The van der Waals surface area contributed by atoms with Gasteiger partial charge in [-0.25, -0.2) is 14.8 Å². The van der Waals surface area contributed by atoms with E-state index in [2.05, 4.69) is 24.9 Å². The van der Waals surface area contributed by atoms with Crippen LogP contribution < -0.4 is 0 Å². The molecule has 0 spiro atoms. The molecule has 13 nitrogen and oxygen atoms in total. The predicted octanol–water partition coefficient (Wildman–Crippen LogP) is 6.84. The summed E-state index contributed by atoms with van der Waals surface area (Å²) in [6.07, 6.45) is 11.3. The standard InChI is InChI=1S/C42H41N9O4/c1-49(42(54)55)38(30-9-3-2-4-10-30)41(53)51-21-7-12-36(51)40-45-25-33(47-40)29-15-13-28(14-16-29)32-18-17-31(24-44-32)34-26-46-39(48-34)35-11-6-20-50(35)37(52)22-27-8-5-19-43-23-27/h2-5,8-10,13-19,23-26,35-36,38H,6-7,11-12,20-22H2,1H3,(H,45,47)(H,46,48)(H,54,55)/t35-,36-,38+/m0/s1. The van der Waals surface area contributed by atoms with Gasteiger partial charge in [0.05, 0.1) is 48.0 Å². The number of amides is 3. The number of benzene rings is 2. The van der Waals surface area contributed by atoms with Gasteiger partial charge in [0.1, 0.15) is 17.7 Å². The van der Waals surface area contributed by atoms with Gasteiger partial charge in [0, 0.05) is 49.9 Å². The summed E-state index contributed by atoms with van der Waals surface area (Å²) in [7, 11) is 1.43. The van der Waals surface area contributed by atoms with Gasteiger partial charge in [-0.05, 0) is 60.6 Å². The van der Waals surface area contributed by atoms with Crippen LogP contribution in [0, 0.1) is 0 Å². The Morgan fingerprint density at radius 1 is 0.745 bits per heavy atom. The van der Waals surface area contributed by atoms with Crippen LogP contribution in [0.5, 0.6) is 0 Å². The fourth-order valence-corrected chi connectivity index (χ4v) is 7.73. The minimum atomic E-state index is -1.17. The van der Waals surface area contributed by atoms with Gasteiger partial charge in [-0.3, -0.25) is 24.5 Å². The van der Waals surface area contributed by atoms with E-state index in [1.54, 1.807) is 54.0 Å². The minimum absolute atomic E-state index is 0.0748. The third-order valence-corrected chi connectivity index (χ3v) is 10.6. The summed E-state index contributed by atoms with van der Waals surface area (Å²) in [5.74, 6) is 1.26. The smallest absolute Gasteiger partial charge is 0.407 e. The van der Waals surface area contributed by atoms with Gasteiger partial charge in [0.15, 0.2) is 0 Å². The first-order chi connectivity index (χ1) is 26.8. The van der Waals surface area contributed by atoms with Crippen molar-refractivity contribution in [2.45, 2.75) is 50.2 Å². The molecule has 0 aliphatic carbocycles. The van der Waals surface area contributed by atoms with Crippen LogP contribution in [0.15, 0.2) is 110 Å². The molecule has 3 N–H and O–H groups in total. The fraction of sp³-hybridized carbons (Fsp3) is 0.262. The predicted molar refractivity (Wildman–Crippen MR) is 205 cm³/mol. The molecule has 0 saturated carbocycles. The Morgan fingerprint density at radius 2 is 1.38 bits per heavy atom. The van der Waals surface area contributed by atoms with Gasteiger partial charge in [-0.1, -0.05) is 60.7 Å². The molecule has 4 aromatic heterocycles. The summed E-state index contributed by atoms with van der Waals surface area (Å²) in [5, 5.41) is 9.78. The maximum absolute atomic E-state index is 13.9. The topological polar surface area (TPSA) is 164 Å². The number of H-pyrrole nitrogens is 2. The molecule has 0 bridgehead atoms. The molecule has 2 aromatic carbocycles. The number of carbonyl (C=O) groups is 3. The Morgan fingerprint density at radius 3 is 2.02 bits per heavy atom. The summed E-state index contributed by atoms with van der Waals surface area (Å²) in [6, 6.07) is 23.5. The van der Waals surface area contributed by atoms with Gasteiger partial charge in [0.2, 0.25) is 5.91 Å². The lowest BCUT2D eigenvalue weighted by molar-refractivity contribution is -0.137. The Kier molecular flexibility index (Phi) is 9.90. The Hall–Kier alpha value is -6.63. The van der Waals surface area contributed by atoms with Gasteiger partial charge >= 0.3 is 6.09 Å². The van der Waals surface area contributed by atoms with Crippen molar-refractivity contribution in [2.75, 3.05) is 20.1 Å². The molecule has 3 atom stereocenters. The second-order valence-electron chi connectivity index (χ2n) is 14.1. The highest BCUT2D eigenvalue weighted by Gasteiger charge is 2.39. The van der Waals surface area contributed by atoms with E-state index in [0.29, 0.717) is 30.9 Å². The van der Waals surface area contributed by atoms with E-state index in [-0.39, 0.29) is 23.9 Å². The normalized spacial score (nSPS) is 17.3. The van der Waals surface area contributed by atoms with Crippen molar-refractivity contribution in [3.05, 3.63) is 133 Å². The van der Waals surface area contributed by atoms with Gasteiger partial charge in [0.25, 0.3) is 5.91 Å². The highest BCUT2D eigenvalue weighted by molar-refractivity contribution is 5.87. The highest BCUT2D eigenvalue weighted by Crippen LogP contribution is 2.36. The molecule has 13 heteroatoms. The molecule has 2 saturated heterocycles. The van der Waals surface area contributed by atoms with Crippen LogP contribution in [0.3, 0.4) is 0 Å². The van der Waals surface area contributed by atoms with E-state index in [1.165, 1.54) is 7.05 Å². The summed E-state index contributed by atoms with van der Waals surface area (Å²) < 4.78 is 0. The number of aromatic amines is 2. The molecule has 6 heterocycles. The summed E-state index contributed by atoms with van der Waals surface area (Å²) in [5.41, 5.74) is 6.81. The lowest BCUT2D eigenvalue weighted by atomic mass is 10.0. The number of likely N-dealkylation sites (tertiary alicyclic amines) is 2. The van der Waals surface area contributed by atoms with Crippen LogP contribution in [-0.2, 0) is 16.0 Å². The first-order valence-electron chi connectivity index (χ1n) is 18.5. The number of pyridine rings is 2. The van der Waals surface area contributed by atoms with Crippen LogP contribution in [-0.4, -0.2) is 87.8 Å². The molecule has 0 radical (unpaired) electrons. The zero-order valence-electron chi connectivity index (χ0n) is 30.4. The molecule has 3 amide bonds. The Bertz CT molecular complexity index is 2270. The molecule has 278 valence electrons. The van der Waals surface area contributed by atoms with E-state index in [4.69, 9.17) is 4.98 Å². The van der Waals surface area contributed by atoms with Crippen molar-refractivity contribution in [1.29, 1.82) is 0 Å². The van der Waals surface area contributed by atoms with Crippen molar-refractivity contribution in [2.24, 2.45) is 0 Å². The quantitative estimate of drug-likeness (QED) is 0.138. The number of nitrogens with one attached hydrogen (secondary N) is 2. The number of carboxylic acid groups (broad SMARTS) is 1. The Labute approximate surface area is 318 Å². The highest BCUT2D eigenvalue weighted by atomic mass is 16.4. The monoisotopic (exact) mass is 735 g/mol. The average molecular weight is 736 g/mol.